The van der Waals surface area contributed by atoms with Crippen LogP contribution in [0.15, 0.2) is 12.3 Å². The minimum Gasteiger partial charge on any atom is -0.365 e. The maximum absolute atomic E-state index is 13.2. The zero-order chi connectivity index (χ0) is 12.1. The number of rotatable bonds is 5. The van der Waals surface area contributed by atoms with Crippen LogP contribution in [0.1, 0.15) is 13.3 Å². The Morgan fingerprint density at radius 1 is 1.56 bits per heavy atom. The van der Waals surface area contributed by atoms with E-state index in [1.165, 1.54) is 0 Å². The number of nitrogens with zero attached hydrogens (tertiary/aromatic N) is 1. The van der Waals surface area contributed by atoms with Gasteiger partial charge in [-0.1, -0.05) is 0 Å². The Labute approximate surface area is 95.7 Å². The third kappa shape index (κ3) is 4.22. The largest absolute Gasteiger partial charge is 0.365 e. The van der Waals surface area contributed by atoms with Gasteiger partial charge in [-0.25, -0.2) is 13.8 Å². The second-order valence-corrected chi connectivity index (χ2v) is 5.15. The van der Waals surface area contributed by atoms with E-state index in [1.807, 2.05) is 6.92 Å². The molecule has 1 aromatic heterocycles. The fourth-order valence-corrected chi connectivity index (χ4v) is 1.85. The molecule has 0 fully saturated rings. The molecule has 6 heteroatoms. The summed E-state index contributed by atoms with van der Waals surface area (Å²) in [6.45, 7) is 1.83. The predicted molar refractivity (Wildman–Crippen MR) is 60.8 cm³/mol. The molecule has 2 unspecified atom stereocenters. The maximum atomic E-state index is 13.2. The molecule has 2 atom stereocenters. The fraction of sp³-hybridized carbons (Fsp3) is 0.500. The summed E-state index contributed by atoms with van der Waals surface area (Å²) in [7, 11) is -0.867. The maximum Gasteiger partial charge on any atom is 0.168 e. The highest BCUT2D eigenvalue weighted by atomic mass is 32.2. The molecular formula is C10H14F2N2OS. The summed E-state index contributed by atoms with van der Waals surface area (Å²) in [5.41, 5.74) is 0. The normalized spacial score (nSPS) is 14.5. The molecule has 0 spiro atoms. The first-order valence-corrected chi connectivity index (χ1v) is 6.59. The molecule has 0 bridgehead atoms. The van der Waals surface area contributed by atoms with Crippen molar-refractivity contribution in [3.05, 3.63) is 23.9 Å². The van der Waals surface area contributed by atoms with Crippen LogP contribution < -0.4 is 5.32 Å². The minimum atomic E-state index is -0.867. The second kappa shape index (κ2) is 5.89. The minimum absolute atomic E-state index is 0.0239. The molecule has 0 amide bonds. The lowest BCUT2D eigenvalue weighted by atomic mass is 10.2. The number of halogens is 2. The van der Waals surface area contributed by atoms with Crippen molar-refractivity contribution in [2.24, 2.45) is 0 Å². The van der Waals surface area contributed by atoms with Crippen LogP contribution >= 0.6 is 0 Å². The van der Waals surface area contributed by atoms with Crippen molar-refractivity contribution < 1.29 is 13.0 Å². The Hall–Kier alpha value is -1.04. The van der Waals surface area contributed by atoms with Gasteiger partial charge in [-0.3, -0.25) is 4.21 Å². The lowest BCUT2D eigenvalue weighted by Gasteiger charge is -2.13. The molecular weight excluding hydrogens is 234 g/mol. The average Bonchev–Trinajstić information content (AvgIpc) is 2.19. The van der Waals surface area contributed by atoms with E-state index >= 15 is 0 Å². The number of anilines is 1. The molecule has 0 saturated heterocycles. The van der Waals surface area contributed by atoms with Gasteiger partial charge in [-0.05, 0) is 13.3 Å². The fourth-order valence-electron chi connectivity index (χ4n) is 1.17. The van der Waals surface area contributed by atoms with Gasteiger partial charge in [-0.15, -0.1) is 0 Å². The molecule has 1 N–H and O–H groups in total. The molecule has 0 saturated carbocycles. The number of hydrogen-bond acceptors (Lipinski definition) is 3. The summed E-state index contributed by atoms with van der Waals surface area (Å²) in [5.74, 6) is -0.859. The molecule has 0 aliphatic heterocycles. The summed E-state index contributed by atoms with van der Waals surface area (Å²) < 4.78 is 36.6. The summed E-state index contributed by atoms with van der Waals surface area (Å²) in [6.07, 6.45) is 3.21. The van der Waals surface area contributed by atoms with Gasteiger partial charge < -0.3 is 5.32 Å². The van der Waals surface area contributed by atoms with Crippen LogP contribution in [0, 0.1) is 11.6 Å². The molecule has 0 aliphatic rings. The van der Waals surface area contributed by atoms with Crippen molar-refractivity contribution in [1.29, 1.82) is 0 Å². The van der Waals surface area contributed by atoms with Crippen LogP contribution in [0.3, 0.4) is 0 Å². The number of hydrogen-bond donors (Lipinski definition) is 1. The van der Waals surface area contributed by atoms with Crippen LogP contribution in [0.2, 0.25) is 0 Å². The monoisotopic (exact) mass is 248 g/mol. The van der Waals surface area contributed by atoms with E-state index in [1.54, 1.807) is 6.26 Å². The Morgan fingerprint density at radius 2 is 2.25 bits per heavy atom. The highest BCUT2D eigenvalue weighted by Gasteiger charge is 2.09. The highest BCUT2D eigenvalue weighted by molar-refractivity contribution is 7.84. The van der Waals surface area contributed by atoms with Crippen molar-refractivity contribution >= 4 is 16.6 Å². The van der Waals surface area contributed by atoms with Gasteiger partial charge in [0.2, 0.25) is 0 Å². The molecule has 0 radical (unpaired) electrons. The van der Waals surface area contributed by atoms with Crippen molar-refractivity contribution in [1.82, 2.24) is 4.98 Å². The Bertz CT molecular complexity index is 387. The predicted octanol–water partition coefficient (Wildman–Crippen LogP) is 1.93. The Balaban J connectivity index is 2.55. The van der Waals surface area contributed by atoms with Gasteiger partial charge in [0.25, 0.3) is 0 Å². The highest BCUT2D eigenvalue weighted by Crippen LogP contribution is 2.13. The number of aromatic nitrogens is 1. The van der Waals surface area contributed by atoms with Crippen molar-refractivity contribution in [2.45, 2.75) is 19.4 Å². The first kappa shape index (κ1) is 13.0. The van der Waals surface area contributed by atoms with E-state index < -0.39 is 22.4 Å². The van der Waals surface area contributed by atoms with E-state index in [4.69, 9.17) is 0 Å². The summed E-state index contributed by atoms with van der Waals surface area (Å²) >= 11 is 0. The van der Waals surface area contributed by atoms with Gasteiger partial charge in [-0.2, -0.15) is 0 Å². The van der Waals surface area contributed by atoms with Gasteiger partial charge in [0.15, 0.2) is 11.6 Å². The molecule has 16 heavy (non-hydrogen) atoms. The standard InChI is InChI=1S/C10H14F2N2OS/c1-7(3-4-16(2)15)14-10-9(12)5-8(11)6-13-10/h5-7H,3-4H2,1-2H3,(H,13,14). The number of nitrogens with one attached hydrogen (secondary N) is 1. The molecule has 3 nitrogen and oxygen atoms in total. The lowest BCUT2D eigenvalue weighted by molar-refractivity contribution is 0.572. The van der Waals surface area contributed by atoms with Crippen LogP contribution in [-0.2, 0) is 10.8 Å². The van der Waals surface area contributed by atoms with Crippen molar-refractivity contribution in [3.63, 3.8) is 0 Å². The first-order valence-electron chi connectivity index (χ1n) is 4.86. The third-order valence-corrected chi connectivity index (χ3v) is 2.84. The van der Waals surface area contributed by atoms with E-state index in [2.05, 4.69) is 10.3 Å². The molecule has 1 aromatic rings. The summed E-state index contributed by atoms with van der Waals surface area (Å²) in [5, 5.41) is 2.81. The first-order chi connectivity index (χ1) is 7.49. The molecule has 90 valence electrons. The number of pyridine rings is 1. The van der Waals surface area contributed by atoms with Gasteiger partial charge in [0, 0.05) is 34.9 Å². The van der Waals surface area contributed by atoms with Crippen molar-refractivity contribution in [2.75, 3.05) is 17.3 Å². The van der Waals surface area contributed by atoms with Crippen LogP contribution in [-0.4, -0.2) is 27.2 Å². The lowest BCUT2D eigenvalue weighted by Crippen LogP contribution is -2.19. The van der Waals surface area contributed by atoms with Gasteiger partial charge in [0.05, 0.1) is 6.20 Å². The molecule has 0 aromatic carbocycles. The zero-order valence-corrected chi connectivity index (χ0v) is 9.98. The van der Waals surface area contributed by atoms with E-state index in [9.17, 15) is 13.0 Å². The van der Waals surface area contributed by atoms with E-state index in [0.29, 0.717) is 12.2 Å². The topological polar surface area (TPSA) is 42.0 Å². The third-order valence-electron chi connectivity index (χ3n) is 2.03. The summed E-state index contributed by atoms with van der Waals surface area (Å²) in [6, 6.07) is 0.719. The average molecular weight is 248 g/mol. The second-order valence-electron chi connectivity index (χ2n) is 3.60. The molecule has 1 heterocycles. The quantitative estimate of drug-likeness (QED) is 0.865. The van der Waals surface area contributed by atoms with Crippen molar-refractivity contribution in [3.8, 4) is 0 Å². The zero-order valence-electron chi connectivity index (χ0n) is 9.17. The Morgan fingerprint density at radius 3 is 2.81 bits per heavy atom. The summed E-state index contributed by atoms with van der Waals surface area (Å²) in [4.78, 5) is 3.61. The SMILES string of the molecule is CC(CCS(C)=O)Nc1ncc(F)cc1F. The smallest absolute Gasteiger partial charge is 0.168 e. The van der Waals surface area contributed by atoms with E-state index in [-0.39, 0.29) is 11.9 Å². The van der Waals surface area contributed by atoms with Gasteiger partial charge in [0.1, 0.15) is 5.82 Å². The van der Waals surface area contributed by atoms with Crippen LogP contribution in [0.25, 0.3) is 0 Å². The van der Waals surface area contributed by atoms with E-state index in [0.717, 1.165) is 12.3 Å². The van der Waals surface area contributed by atoms with Crippen LogP contribution in [0.4, 0.5) is 14.6 Å². The Kier molecular flexibility index (Phi) is 4.79. The van der Waals surface area contributed by atoms with Gasteiger partial charge >= 0.3 is 0 Å². The molecule has 1 rings (SSSR count). The molecule has 0 aliphatic carbocycles. The van der Waals surface area contributed by atoms with Crippen LogP contribution in [0.5, 0.6) is 0 Å².